The Kier molecular flexibility index (Phi) is 8.57. The molecule has 0 fully saturated rings. The fraction of sp³-hybridized carbons (Fsp3) is 0.240. The monoisotopic (exact) mass is 376 g/mol. The highest BCUT2D eigenvalue weighted by atomic mass is 19.1. The molecule has 2 aromatic rings. The third-order valence-electron chi connectivity index (χ3n) is 4.54. The Balaban J connectivity index is 2.21. The van der Waals surface area contributed by atoms with Crippen molar-refractivity contribution in [2.45, 2.75) is 34.2 Å². The predicted octanol–water partition coefficient (Wildman–Crippen LogP) is 6.14. The maximum atomic E-state index is 13.2. The molecule has 1 N–H and O–H groups in total. The van der Waals surface area contributed by atoms with Gasteiger partial charge in [-0.2, -0.15) is 0 Å². The number of aryl methyl sites for hydroxylation is 1. The van der Waals surface area contributed by atoms with E-state index in [-0.39, 0.29) is 5.82 Å². The minimum Gasteiger partial charge on any atom is -0.307 e. The van der Waals surface area contributed by atoms with Crippen LogP contribution in [0.5, 0.6) is 0 Å². The SMILES string of the molecule is C\C=C/C=C\C(C)=C(/CNCc1ccccc1C)N=C(C)c1ccc(F)cc1. The molecule has 2 nitrogen and oxygen atoms in total. The highest BCUT2D eigenvalue weighted by Crippen LogP contribution is 2.12. The van der Waals surface area contributed by atoms with E-state index in [1.807, 2.05) is 32.1 Å². The number of hydrogen-bond donors (Lipinski definition) is 1. The van der Waals surface area contributed by atoms with Crippen molar-refractivity contribution in [2.24, 2.45) is 4.99 Å². The molecular weight excluding hydrogens is 347 g/mol. The summed E-state index contributed by atoms with van der Waals surface area (Å²) in [7, 11) is 0. The van der Waals surface area contributed by atoms with Crippen LogP contribution in [0.2, 0.25) is 0 Å². The van der Waals surface area contributed by atoms with Crippen molar-refractivity contribution in [3.63, 3.8) is 0 Å². The fourth-order valence-corrected chi connectivity index (χ4v) is 2.76. The predicted molar refractivity (Wildman–Crippen MR) is 118 cm³/mol. The second-order valence-electron chi connectivity index (χ2n) is 6.75. The lowest BCUT2D eigenvalue weighted by Crippen LogP contribution is -2.18. The van der Waals surface area contributed by atoms with E-state index in [1.165, 1.54) is 23.3 Å². The third kappa shape index (κ3) is 6.75. The van der Waals surface area contributed by atoms with Crippen LogP contribution in [-0.4, -0.2) is 12.3 Å². The van der Waals surface area contributed by atoms with Gasteiger partial charge in [0.05, 0.1) is 5.70 Å². The van der Waals surface area contributed by atoms with Crippen molar-refractivity contribution < 1.29 is 4.39 Å². The summed E-state index contributed by atoms with van der Waals surface area (Å²) in [5.74, 6) is -0.238. The molecule has 3 heteroatoms. The maximum absolute atomic E-state index is 13.2. The molecule has 146 valence electrons. The van der Waals surface area contributed by atoms with Crippen molar-refractivity contribution in [3.8, 4) is 0 Å². The Morgan fingerprint density at radius 3 is 2.43 bits per heavy atom. The van der Waals surface area contributed by atoms with Gasteiger partial charge < -0.3 is 5.32 Å². The number of benzene rings is 2. The summed E-state index contributed by atoms with van der Waals surface area (Å²) in [4.78, 5) is 4.84. The van der Waals surface area contributed by atoms with Crippen LogP contribution in [0, 0.1) is 12.7 Å². The second kappa shape index (κ2) is 11.2. The smallest absolute Gasteiger partial charge is 0.123 e. The summed E-state index contributed by atoms with van der Waals surface area (Å²) < 4.78 is 13.2. The van der Waals surface area contributed by atoms with Crippen molar-refractivity contribution in [3.05, 3.63) is 107 Å². The van der Waals surface area contributed by atoms with Crippen molar-refractivity contribution in [1.82, 2.24) is 5.32 Å². The normalized spacial score (nSPS) is 13.4. The Bertz CT molecular complexity index is 887. The zero-order valence-corrected chi connectivity index (χ0v) is 17.2. The number of halogens is 1. The average molecular weight is 377 g/mol. The lowest BCUT2D eigenvalue weighted by atomic mass is 10.1. The molecule has 0 radical (unpaired) electrons. The van der Waals surface area contributed by atoms with Gasteiger partial charge in [-0.15, -0.1) is 0 Å². The average Bonchev–Trinajstić information content (AvgIpc) is 2.69. The van der Waals surface area contributed by atoms with E-state index in [1.54, 1.807) is 12.1 Å². The molecule has 0 spiro atoms. The largest absolute Gasteiger partial charge is 0.307 e. The summed E-state index contributed by atoms with van der Waals surface area (Å²) in [5.41, 5.74) is 6.40. The summed E-state index contributed by atoms with van der Waals surface area (Å²) >= 11 is 0. The molecule has 0 heterocycles. The minimum atomic E-state index is -0.238. The topological polar surface area (TPSA) is 24.4 Å². The summed E-state index contributed by atoms with van der Waals surface area (Å²) in [6.45, 7) is 9.57. The molecule has 0 saturated carbocycles. The Morgan fingerprint density at radius 2 is 1.75 bits per heavy atom. The Morgan fingerprint density at radius 1 is 1.04 bits per heavy atom. The van der Waals surface area contributed by atoms with Gasteiger partial charge in [-0.1, -0.05) is 60.7 Å². The summed E-state index contributed by atoms with van der Waals surface area (Å²) in [6.07, 6.45) is 8.07. The first-order valence-corrected chi connectivity index (χ1v) is 9.57. The minimum absolute atomic E-state index is 0.238. The van der Waals surface area contributed by atoms with Gasteiger partial charge in [-0.05, 0) is 62.1 Å². The highest BCUT2D eigenvalue weighted by molar-refractivity contribution is 5.99. The van der Waals surface area contributed by atoms with Crippen LogP contribution in [0.3, 0.4) is 0 Å². The van der Waals surface area contributed by atoms with Gasteiger partial charge in [0, 0.05) is 18.8 Å². The standard InChI is InChI=1S/C25H29FN2/c1-5-6-7-11-20(3)25(18-27-17-23-12-9-8-10-19(23)2)28-21(4)22-13-15-24(26)16-14-22/h5-16,27H,17-18H2,1-4H3/b6-5-,11-7-,25-20+,28-21?. The second-order valence-corrected chi connectivity index (χ2v) is 6.75. The zero-order chi connectivity index (χ0) is 20.4. The highest BCUT2D eigenvalue weighted by Gasteiger charge is 2.04. The molecule has 2 rings (SSSR count). The molecule has 0 amide bonds. The van der Waals surface area contributed by atoms with E-state index in [0.29, 0.717) is 6.54 Å². The van der Waals surface area contributed by atoms with Gasteiger partial charge >= 0.3 is 0 Å². The molecule has 0 bridgehead atoms. The number of allylic oxidation sites excluding steroid dienone is 5. The molecule has 0 saturated heterocycles. The number of rotatable bonds is 8. The molecule has 0 atom stereocenters. The molecule has 28 heavy (non-hydrogen) atoms. The van der Waals surface area contributed by atoms with Crippen LogP contribution in [0.1, 0.15) is 37.5 Å². The number of hydrogen-bond acceptors (Lipinski definition) is 2. The molecule has 0 aliphatic heterocycles. The van der Waals surface area contributed by atoms with Gasteiger partial charge in [0.2, 0.25) is 0 Å². The quantitative estimate of drug-likeness (QED) is 0.434. The summed E-state index contributed by atoms with van der Waals surface area (Å²) in [6, 6.07) is 14.8. The van der Waals surface area contributed by atoms with Gasteiger partial charge in [-0.3, -0.25) is 4.99 Å². The number of nitrogens with zero attached hydrogens (tertiary/aromatic N) is 1. The summed E-state index contributed by atoms with van der Waals surface area (Å²) in [5, 5.41) is 3.50. The first kappa shape index (κ1) is 21.5. The maximum Gasteiger partial charge on any atom is 0.123 e. The van der Waals surface area contributed by atoms with Crippen LogP contribution in [0.25, 0.3) is 0 Å². The lowest BCUT2D eigenvalue weighted by molar-refractivity contribution is 0.628. The number of nitrogens with one attached hydrogen (secondary N) is 1. The molecular formula is C25H29FN2. The first-order valence-electron chi connectivity index (χ1n) is 9.57. The van der Waals surface area contributed by atoms with E-state index in [9.17, 15) is 4.39 Å². The van der Waals surface area contributed by atoms with E-state index in [2.05, 4.69) is 49.5 Å². The molecule has 0 aliphatic carbocycles. The molecule has 2 aromatic carbocycles. The molecule has 0 aliphatic rings. The zero-order valence-electron chi connectivity index (χ0n) is 17.2. The van der Waals surface area contributed by atoms with E-state index in [4.69, 9.17) is 4.99 Å². The fourth-order valence-electron chi connectivity index (χ4n) is 2.76. The van der Waals surface area contributed by atoms with Crippen molar-refractivity contribution >= 4 is 5.71 Å². The molecule has 0 aromatic heterocycles. The third-order valence-corrected chi connectivity index (χ3v) is 4.54. The van der Waals surface area contributed by atoms with Crippen LogP contribution < -0.4 is 5.32 Å². The van der Waals surface area contributed by atoms with Gasteiger partial charge in [0.15, 0.2) is 0 Å². The Labute approximate surface area is 168 Å². The van der Waals surface area contributed by atoms with Crippen LogP contribution in [0.4, 0.5) is 4.39 Å². The van der Waals surface area contributed by atoms with Crippen molar-refractivity contribution in [2.75, 3.05) is 6.54 Å². The van der Waals surface area contributed by atoms with E-state index >= 15 is 0 Å². The lowest BCUT2D eigenvalue weighted by Gasteiger charge is -2.11. The Hall–Kier alpha value is -2.78. The molecule has 0 unspecified atom stereocenters. The van der Waals surface area contributed by atoms with E-state index in [0.717, 1.165) is 29.1 Å². The van der Waals surface area contributed by atoms with Gasteiger partial charge in [-0.25, -0.2) is 4.39 Å². The van der Waals surface area contributed by atoms with Crippen LogP contribution >= 0.6 is 0 Å². The first-order chi connectivity index (χ1) is 13.5. The van der Waals surface area contributed by atoms with Gasteiger partial charge in [0.1, 0.15) is 5.82 Å². The van der Waals surface area contributed by atoms with Gasteiger partial charge in [0.25, 0.3) is 0 Å². The number of aliphatic imine (C=N–C) groups is 1. The van der Waals surface area contributed by atoms with Crippen LogP contribution in [-0.2, 0) is 6.54 Å². The van der Waals surface area contributed by atoms with Crippen molar-refractivity contribution in [1.29, 1.82) is 0 Å². The van der Waals surface area contributed by atoms with Crippen LogP contribution in [0.15, 0.2) is 89.1 Å². The van der Waals surface area contributed by atoms with E-state index < -0.39 is 0 Å².